The Morgan fingerprint density at radius 2 is 2.14 bits per heavy atom. The van der Waals surface area contributed by atoms with Crippen LogP contribution in [0.5, 0.6) is 5.75 Å². The fraction of sp³-hybridized carbons (Fsp3) is 0.364. The van der Waals surface area contributed by atoms with Gasteiger partial charge in [-0.3, -0.25) is 4.79 Å². The van der Waals surface area contributed by atoms with Crippen LogP contribution in [0.3, 0.4) is 0 Å². The van der Waals surface area contributed by atoms with Crippen LogP contribution in [0.2, 0.25) is 0 Å². The number of benzene rings is 1. The van der Waals surface area contributed by atoms with Crippen LogP contribution in [-0.2, 0) is 4.79 Å². The molecule has 3 heteroatoms. The van der Waals surface area contributed by atoms with Crippen molar-refractivity contribution in [2.75, 3.05) is 0 Å². The zero-order chi connectivity index (χ0) is 10.7. The Morgan fingerprint density at radius 3 is 2.64 bits per heavy atom. The third-order valence-electron chi connectivity index (χ3n) is 2.01. The number of carbonyl (C=O) groups excluding carboxylic acids is 1. The Kier molecular flexibility index (Phi) is 3.69. The number of hydrogen-bond acceptors (Lipinski definition) is 2. The summed E-state index contributed by atoms with van der Waals surface area (Å²) in [7, 11) is 0. The highest BCUT2D eigenvalue weighted by Gasteiger charge is 2.09. The molecule has 0 radical (unpaired) electrons. The molecule has 0 aliphatic heterocycles. The van der Waals surface area contributed by atoms with E-state index in [1.807, 2.05) is 25.1 Å². The number of halogens is 1. The first kappa shape index (κ1) is 11.2. The summed E-state index contributed by atoms with van der Waals surface area (Å²) < 4.78 is 6.48. The molecule has 2 nitrogen and oxygen atoms in total. The smallest absolute Gasteiger partial charge is 0.169 e. The van der Waals surface area contributed by atoms with Crippen LogP contribution < -0.4 is 4.74 Å². The highest BCUT2D eigenvalue weighted by molar-refractivity contribution is 9.10. The van der Waals surface area contributed by atoms with Gasteiger partial charge in [0, 0.05) is 4.47 Å². The van der Waals surface area contributed by atoms with Crippen LogP contribution in [0.15, 0.2) is 22.7 Å². The van der Waals surface area contributed by atoms with Crippen LogP contribution in [0, 0.1) is 6.92 Å². The fourth-order valence-corrected chi connectivity index (χ4v) is 1.22. The molecule has 14 heavy (non-hydrogen) atoms. The number of Topliss-reactive ketones (excluding diaryl/α,β-unsaturated/α-hetero) is 1. The number of aryl methyl sites for hydroxylation is 1. The molecule has 0 fully saturated rings. The second-order valence-electron chi connectivity index (χ2n) is 3.28. The summed E-state index contributed by atoms with van der Waals surface area (Å²) in [5.74, 6) is 0.763. The van der Waals surface area contributed by atoms with E-state index in [2.05, 4.69) is 15.9 Å². The van der Waals surface area contributed by atoms with E-state index in [0.29, 0.717) is 0 Å². The number of rotatable bonds is 3. The summed E-state index contributed by atoms with van der Waals surface area (Å²) in [6.45, 7) is 5.26. The van der Waals surface area contributed by atoms with Crippen molar-refractivity contribution in [1.82, 2.24) is 0 Å². The van der Waals surface area contributed by atoms with Gasteiger partial charge < -0.3 is 4.74 Å². The predicted octanol–water partition coefficient (Wildman–Crippen LogP) is 3.11. The van der Waals surface area contributed by atoms with Crippen molar-refractivity contribution in [3.63, 3.8) is 0 Å². The molecule has 0 heterocycles. The van der Waals surface area contributed by atoms with E-state index in [4.69, 9.17) is 4.74 Å². The SMILES string of the molecule is CC(=O)C(C)Oc1ccc(Br)c(C)c1. The molecule has 0 bridgehead atoms. The van der Waals surface area contributed by atoms with E-state index in [1.165, 1.54) is 6.92 Å². The Bertz CT molecular complexity index is 347. The van der Waals surface area contributed by atoms with Crippen molar-refractivity contribution in [3.05, 3.63) is 28.2 Å². The van der Waals surface area contributed by atoms with Crippen LogP contribution in [0.25, 0.3) is 0 Å². The molecule has 1 rings (SSSR count). The standard InChI is InChI=1S/C11H13BrO2/c1-7-6-10(4-5-11(7)12)14-9(3)8(2)13/h4-6,9H,1-3H3. The summed E-state index contributed by atoms with van der Waals surface area (Å²) in [5.41, 5.74) is 1.10. The molecule has 76 valence electrons. The lowest BCUT2D eigenvalue weighted by atomic mass is 10.2. The minimum Gasteiger partial charge on any atom is -0.483 e. The second-order valence-corrected chi connectivity index (χ2v) is 4.14. The van der Waals surface area contributed by atoms with Crippen LogP contribution in [0.1, 0.15) is 19.4 Å². The molecule has 0 aromatic heterocycles. The summed E-state index contributed by atoms with van der Waals surface area (Å²) in [6.07, 6.45) is -0.379. The molecule has 1 aromatic carbocycles. The van der Waals surface area contributed by atoms with E-state index >= 15 is 0 Å². The first-order valence-corrected chi connectivity index (χ1v) is 5.23. The quantitative estimate of drug-likeness (QED) is 0.831. The molecule has 0 spiro atoms. The molecule has 0 aliphatic carbocycles. The average molecular weight is 257 g/mol. The Hall–Kier alpha value is -0.830. The largest absolute Gasteiger partial charge is 0.483 e. The maximum absolute atomic E-state index is 11.0. The van der Waals surface area contributed by atoms with Crippen molar-refractivity contribution < 1.29 is 9.53 Å². The lowest BCUT2D eigenvalue weighted by molar-refractivity contribution is -0.122. The Balaban J connectivity index is 2.78. The van der Waals surface area contributed by atoms with Crippen molar-refractivity contribution in [2.24, 2.45) is 0 Å². The third kappa shape index (κ3) is 2.84. The van der Waals surface area contributed by atoms with E-state index in [0.717, 1.165) is 15.8 Å². The van der Waals surface area contributed by atoms with Gasteiger partial charge >= 0.3 is 0 Å². The number of ether oxygens (including phenoxy) is 1. The van der Waals surface area contributed by atoms with Gasteiger partial charge in [-0.2, -0.15) is 0 Å². The van der Waals surface area contributed by atoms with E-state index in [-0.39, 0.29) is 11.9 Å². The first-order chi connectivity index (χ1) is 6.50. The zero-order valence-electron chi connectivity index (χ0n) is 8.50. The molecule has 1 unspecified atom stereocenters. The molecule has 0 saturated carbocycles. The molecule has 0 aliphatic rings. The predicted molar refractivity (Wildman–Crippen MR) is 59.7 cm³/mol. The highest BCUT2D eigenvalue weighted by atomic mass is 79.9. The summed E-state index contributed by atoms with van der Waals surface area (Å²) in [5, 5.41) is 0. The maximum atomic E-state index is 11.0. The topological polar surface area (TPSA) is 26.3 Å². The van der Waals surface area contributed by atoms with Crippen molar-refractivity contribution in [1.29, 1.82) is 0 Å². The first-order valence-electron chi connectivity index (χ1n) is 4.44. The number of ketones is 1. The minimum absolute atomic E-state index is 0.0329. The lowest BCUT2D eigenvalue weighted by Crippen LogP contribution is -2.20. The van der Waals surface area contributed by atoms with Gasteiger partial charge in [0.05, 0.1) is 0 Å². The second kappa shape index (κ2) is 4.60. The Labute approximate surface area is 92.4 Å². The Morgan fingerprint density at radius 1 is 1.50 bits per heavy atom. The van der Waals surface area contributed by atoms with Gasteiger partial charge in [-0.05, 0) is 44.5 Å². The highest BCUT2D eigenvalue weighted by Crippen LogP contribution is 2.22. The molecule has 0 amide bonds. The van der Waals surface area contributed by atoms with Gasteiger partial charge in [0.2, 0.25) is 0 Å². The van der Waals surface area contributed by atoms with Crippen molar-refractivity contribution in [3.8, 4) is 5.75 Å². The normalized spacial score (nSPS) is 12.3. The lowest BCUT2D eigenvalue weighted by Gasteiger charge is -2.12. The minimum atomic E-state index is -0.379. The molecule has 0 saturated heterocycles. The molecule has 1 atom stereocenters. The average Bonchev–Trinajstić information content (AvgIpc) is 2.11. The van der Waals surface area contributed by atoms with Gasteiger partial charge in [-0.25, -0.2) is 0 Å². The molecular weight excluding hydrogens is 244 g/mol. The van der Waals surface area contributed by atoms with Crippen molar-refractivity contribution >= 4 is 21.7 Å². The van der Waals surface area contributed by atoms with Gasteiger partial charge in [0.1, 0.15) is 5.75 Å². The zero-order valence-corrected chi connectivity index (χ0v) is 10.1. The van der Waals surface area contributed by atoms with Gasteiger partial charge in [0.25, 0.3) is 0 Å². The van der Waals surface area contributed by atoms with E-state index in [1.54, 1.807) is 6.92 Å². The fourth-order valence-electron chi connectivity index (χ4n) is 0.978. The third-order valence-corrected chi connectivity index (χ3v) is 2.90. The van der Waals surface area contributed by atoms with Gasteiger partial charge in [-0.15, -0.1) is 0 Å². The number of hydrogen-bond donors (Lipinski definition) is 0. The van der Waals surface area contributed by atoms with E-state index < -0.39 is 0 Å². The van der Waals surface area contributed by atoms with Gasteiger partial charge in [0.15, 0.2) is 11.9 Å². The monoisotopic (exact) mass is 256 g/mol. The molecule has 0 N–H and O–H groups in total. The number of carbonyl (C=O) groups is 1. The summed E-state index contributed by atoms with van der Waals surface area (Å²) >= 11 is 3.40. The summed E-state index contributed by atoms with van der Waals surface area (Å²) in [6, 6.07) is 5.66. The molecule has 1 aromatic rings. The maximum Gasteiger partial charge on any atom is 0.169 e. The van der Waals surface area contributed by atoms with Crippen LogP contribution in [-0.4, -0.2) is 11.9 Å². The molecular formula is C11H13BrO2. The van der Waals surface area contributed by atoms with Crippen molar-refractivity contribution in [2.45, 2.75) is 26.9 Å². The summed E-state index contributed by atoms with van der Waals surface area (Å²) in [4.78, 5) is 11.0. The van der Waals surface area contributed by atoms with Gasteiger partial charge in [-0.1, -0.05) is 15.9 Å². The van der Waals surface area contributed by atoms with E-state index in [9.17, 15) is 4.79 Å². The van der Waals surface area contributed by atoms with Crippen LogP contribution in [0.4, 0.5) is 0 Å². The van der Waals surface area contributed by atoms with Crippen LogP contribution >= 0.6 is 15.9 Å².